The van der Waals surface area contributed by atoms with Crippen LogP contribution >= 0.6 is 11.8 Å². The Bertz CT molecular complexity index is 1240. The zero-order valence-electron chi connectivity index (χ0n) is 17.1. The predicted octanol–water partition coefficient (Wildman–Crippen LogP) is 4.50. The van der Waals surface area contributed by atoms with Crippen molar-refractivity contribution in [2.75, 3.05) is 18.5 Å². The maximum absolute atomic E-state index is 13.1. The number of hydrogen-bond donors (Lipinski definition) is 1. The lowest BCUT2D eigenvalue weighted by molar-refractivity contribution is 0.102. The second kappa shape index (κ2) is 9.15. The summed E-state index contributed by atoms with van der Waals surface area (Å²) in [4.78, 5) is 18.5. The van der Waals surface area contributed by atoms with Crippen LogP contribution in [0, 0.1) is 0 Å². The lowest BCUT2D eigenvalue weighted by Crippen LogP contribution is -2.17. The minimum atomic E-state index is -0.243. The van der Waals surface area contributed by atoms with Gasteiger partial charge in [0, 0.05) is 17.2 Å². The second-order valence-electron chi connectivity index (χ2n) is 7.08. The van der Waals surface area contributed by atoms with E-state index < -0.39 is 0 Å². The molecular weight excluding hydrogens is 424 g/mol. The molecule has 5 rings (SSSR count). The number of carbonyl (C=O) groups excluding carboxylic acids is 1. The van der Waals surface area contributed by atoms with E-state index in [1.807, 2.05) is 48.5 Å². The summed E-state index contributed by atoms with van der Waals surface area (Å²) in [5.74, 6) is 1.81. The Morgan fingerprint density at radius 1 is 0.969 bits per heavy atom. The van der Waals surface area contributed by atoms with Crippen LogP contribution in [0.15, 0.2) is 89.0 Å². The van der Waals surface area contributed by atoms with E-state index in [4.69, 9.17) is 9.47 Å². The van der Waals surface area contributed by atoms with Gasteiger partial charge >= 0.3 is 0 Å². The van der Waals surface area contributed by atoms with E-state index in [1.165, 1.54) is 11.8 Å². The average Bonchev–Trinajstić information content (AvgIpc) is 3.26. The Morgan fingerprint density at radius 3 is 2.69 bits per heavy atom. The molecule has 32 heavy (non-hydrogen) atoms. The number of anilines is 1. The number of benzene rings is 2. The average molecular weight is 445 g/mol. The summed E-state index contributed by atoms with van der Waals surface area (Å²) in [6.07, 6.45) is 3.35. The Balaban J connectivity index is 1.34. The zero-order chi connectivity index (χ0) is 21.8. The first-order chi connectivity index (χ1) is 15.8. The van der Waals surface area contributed by atoms with Crippen molar-refractivity contribution >= 4 is 23.5 Å². The van der Waals surface area contributed by atoms with Gasteiger partial charge in [0.2, 0.25) is 0 Å². The van der Waals surface area contributed by atoms with Crippen molar-refractivity contribution < 1.29 is 14.3 Å². The molecule has 0 bridgehead atoms. The Kier molecular flexibility index (Phi) is 5.76. The highest BCUT2D eigenvalue weighted by molar-refractivity contribution is 7.99. The largest absolute Gasteiger partial charge is 0.486 e. The number of fused-ring (bicyclic) bond motifs is 1. The van der Waals surface area contributed by atoms with E-state index in [-0.39, 0.29) is 5.91 Å². The van der Waals surface area contributed by atoms with Gasteiger partial charge in [0.05, 0.1) is 18.3 Å². The van der Waals surface area contributed by atoms with Crippen molar-refractivity contribution in [1.29, 1.82) is 0 Å². The van der Waals surface area contributed by atoms with Gasteiger partial charge in [-0.1, -0.05) is 42.1 Å². The summed E-state index contributed by atoms with van der Waals surface area (Å²) in [6.45, 7) is 1.63. The van der Waals surface area contributed by atoms with Crippen molar-refractivity contribution in [3.63, 3.8) is 0 Å². The molecule has 1 amide bonds. The normalized spacial score (nSPS) is 12.4. The number of aromatic nitrogens is 3. The first kappa shape index (κ1) is 20.1. The van der Waals surface area contributed by atoms with Gasteiger partial charge in [0.25, 0.3) is 5.91 Å². The molecule has 4 aromatic rings. The van der Waals surface area contributed by atoms with E-state index in [9.17, 15) is 4.79 Å². The van der Waals surface area contributed by atoms with Crippen molar-refractivity contribution in [2.45, 2.75) is 16.5 Å². The molecule has 160 valence electrons. The molecule has 0 aliphatic carbocycles. The van der Waals surface area contributed by atoms with Gasteiger partial charge in [-0.2, -0.15) is 5.10 Å². The van der Waals surface area contributed by atoms with E-state index in [1.54, 1.807) is 35.3 Å². The third-order valence-electron chi connectivity index (χ3n) is 4.88. The van der Waals surface area contributed by atoms with Gasteiger partial charge in [0.1, 0.15) is 24.1 Å². The predicted molar refractivity (Wildman–Crippen MR) is 122 cm³/mol. The summed E-state index contributed by atoms with van der Waals surface area (Å²) < 4.78 is 13.0. The molecule has 1 aliphatic rings. The maximum Gasteiger partial charge on any atom is 0.259 e. The summed E-state index contributed by atoms with van der Waals surface area (Å²) in [6, 6.07) is 21.0. The van der Waals surface area contributed by atoms with Gasteiger partial charge in [-0.25, -0.2) is 9.67 Å². The number of hydrogen-bond acceptors (Lipinski definition) is 6. The van der Waals surface area contributed by atoms with Crippen LogP contribution in [-0.4, -0.2) is 33.9 Å². The minimum Gasteiger partial charge on any atom is -0.486 e. The lowest BCUT2D eigenvalue weighted by Gasteiger charge is -2.18. The van der Waals surface area contributed by atoms with Crippen LogP contribution in [0.5, 0.6) is 11.5 Å². The quantitative estimate of drug-likeness (QED) is 0.472. The fraction of sp³-hybridized carbons (Fsp3) is 0.125. The lowest BCUT2D eigenvalue weighted by atomic mass is 10.2. The molecule has 0 radical (unpaired) electrons. The molecule has 2 aromatic heterocycles. The van der Waals surface area contributed by atoms with Gasteiger partial charge in [-0.05, 0) is 35.9 Å². The third kappa shape index (κ3) is 4.45. The number of amides is 1. The number of nitrogens with zero attached hydrogens (tertiary/aromatic N) is 3. The van der Waals surface area contributed by atoms with Crippen LogP contribution < -0.4 is 14.8 Å². The Hall–Kier alpha value is -3.78. The molecule has 0 atom stereocenters. The molecule has 0 unspecified atom stereocenters. The zero-order valence-corrected chi connectivity index (χ0v) is 17.9. The monoisotopic (exact) mass is 444 g/mol. The molecule has 0 saturated heterocycles. The molecule has 2 aromatic carbocycles. The van der Waals surface area contributed by atoms with Crippen LogP contribution in [0.25, 0.3) is 0 Å². The molecule has 3 heterocycles. The second-order valence-corrected chi connectivity index (χ2v) is 8.14. The summed E-state index contributed by atoms with van der Waals surface area (Å²) in [5, 5.41) is 7.92. The van der Waals surface area contributed by atoms with Crippen LogP contribution in [0.4, 0.5) is 5.82 Å². The number of carbonyl (C=O) groups is 1. The van der Waals surface area contributed by atoms with Crippen LogP contribution in [0.3, 0.4) is 0 Å². The van der Waals surface area contributed by atoms with E-state index in [0.717, 1.165) is 16.2 Å². The summed E-state index contributed by atoms with van der Waals surface area (Å²) >= 11 is 1.40. The first-order valence-corrected chi connectivity index (χ1v) is 11.0. The van der Waals surface area contributed by atoms with Gasteiger partial charge in [0.15, 0.2) is 11.5 Å². The number of pyridine rings is 1. The van der Waals surface area contributed by atoms with Gasteiger partial charge < -0.3 is 14.8 Å². The molecule has 7 nitrogen and oxygen atoms in total. The number of ether oxygens (including phenoxy) is 2. The third-order valence-corrected chi connectivity index (χ3v) is 5.89. The molecule has 1 aliphatic heterocycles. The smallest absolute Gasteiger partial charge is 0.259 e. The SMILES string of the molecule is O=C(Nc1ccnn1Cc1ccccc1)c1cccnc1Sc1ccc2c(c1)OCCO2. The van der Waals surface area contributed by atoms with Gasteiger partial charge in [-0.3, -0.25) is 4.79 Å². The van der Waals surface area contributed by atoms with E-state index in [2.05, 4.69) is 15.4 Å². The molecule has 1 N–H and O–H groups in total. The van der Waals surface area contributed by atoms with Crippen molar-refractivity contribution in [3.8, 4) is 11.5 Å². The molecule has 0 saturated carbocycles. The van der Waals surface area contributed by atoms with Crippen molar-refractivity contribution in [3.05, 3.63) is 90.3 Å². The van der Waals surface area contributed by atoms with Crippen LogP contribution in [-0.2, 0) is 6.54 Å². The van der Waals surface area contributed by atoms with Gasteiger partial charge in [-0.15, -0.1) is 0 Å². The van der Waals surface area contributed by atoms with Crippen molar-refractivity contribution in [1.82, 2.24) is 14.8 Å². The molecular formula is C24H20N4O3S. The topological polar surface area (TPSA) is 78.3 Å². The standard InChI is InChI=1S/C24H20N4O3S/c29-23(27-22-10-12-26-28(22)16-17-5-2-1-3-6-17)19-7-4-11-25-24(19)32-18-8-9-20-21(15-18)31-14-13-30-20/h1-12,15H,13-14,16H2,(H,27,29). The highest BCUT2D eigenvalue weighted by Gasteiger charge is 2.17. The molecule has 8 heteroatoms. The van der Waals surface area contributed by atoms with E-state index in [0.29, 0.717) is 41.9 Å². The highest BCUT2D eigenvalue weighted by atomic mass is 32.2. The highest BCUT2D eigenvalue weighted by Crippen LogP contribution is 2.37. The number of nitrogens with one attached hydrogen (secondary N) is 1. The summed E-state index contributed by atoms with van der Waals surface area (Å²) in [7, 11) is 0. The minimum absolute atomic E-state index is 0.243. The Morgan fingerprint density at radius 2 is 1.81 bits per heavy atom. The number of rotatable bonds is 6. The van der Waals surface area contributed by atoms with E-state index >= 15 is 0 Å². The maximum atomic E-state index is 13.1. The Labute approximate surface area is 189 Å². The van der Waals surface area contributed by atoms with Crippen LogP contribution in [0.1, 0.15) is 15.9 Å². The van der Waals surface area contributed by atoms with Crippen LogP contribution in [0.2, 0.25) is 0 Å². The summed E-state index contributed by atoms with van der Waals surface area (Å²) in [5.41, 5.74) is 1.59. The molecule has 0 spiro atoms. The molecule has 0 fully saturated rings. The fourth-order valence-corrected chi connectivity index (χ4v) is 4.26. The van der Waals surface area contributed by atoms with Crippen molar-refractivity contribution in [2.24, 2.45) is 0 Å². The first-order valence-electron chi connectivity index (χ1n) is 10.2. The fourth-order valence-electron chi connectivity index (χ4n) is 3.35.